The van der Waals surface area contributed by atoms with Crippen LogP contribution in [0.1, 0.15) is 23.4 Å². The van der Waals surface area contributed by atoms with Gasteiger partial charge in [-0.15, -0.1) is 0 Å². The van der Waals surface area contributed by atoms with Gasteiger partial charge in [0.1, 0.15) is 18.2 Å². The van der Waals surface area contributed by atoms with Crippen molar-refractivity contribution in [3.63, 3.8) is 0 Å². The molecule has 1 amide bonds. The Kier molecular flexibility index (Phi) is 7.18. The Morgan fingerprint density at radius 1 is 1.00 bits per heavy atom. The molecule has 0 aliphatic heterocycles. The van der Waals surface area contributed by atoms with Gasteiger partial charge in [-0.25, -0.2) is 4.98 Å². The molecule has 0 bridgehead atoms. The normalized spacial score (nSPS) is 10.9. The zero-order valence-electron chi connectivity index (χ0n) is 18.5. The zero-order valence-corrected chi connectivity index (χ0v) is 18.5. The van der Waals surface area contributed by atoms with Crippen molar-refractivity contribution in [3.05, 3.63) is 95.8 Å². The molecule has 1 aromatic heterocycles. The van der Waals surface area contributed by atoms with E-state index in [0.29, 0.717) is 19.6 Å². The molecule has 1 N–H and O–H groups in total. The first-order chi connectivity index (χ1) is 15.7. The standard InChI is InChI=1S/C27H29N3O2/c1-21-9-7-12-23(19-21)32-18-17-30-25-14-6-5-13-24(25)29-26(30)15-8-16-28-27(31)20-22-10-3-2-4-11-22/h2-7,9-14,19H,8,15-18,20H2,1H3,(H,28,31). The molecule has 5 nitrogen and oxygen atoms in total. The fraction of sp³-hybridized carbons (Fsp3) is 0.259. The van der Waals surface area contributed by atoms with Crippen molar-refractivity contribution in [2.45, 2.75) is 32.7 Å². The number of rotatable bonds is 10. The van der Waals surface area contributed by atoms with E-state index < -0.39 is 0 Å². The monoisotopic (exact) mass is 427 g/mol. The van der Waals surface area contributed by atoms with E-state index in [2.05, 4.69) is 28.9 Å². The summed E-state index contributed by atoms with van der Waals surface area (Å²) in [6, 6.07) is 26.1. The maximum Gasteiger partial charge on any atom is 0.224 e. The Balaban J connectivity index is 1.33. The molecule has 0 aliphatic rings. The molecule has 0 saturated heterocycles. The van der Waals surface area contributed by atoms with Crippen LogP contribution in [0.3, 0.4) is 0 Å². The highest BCUT2D eigenvalue weighted by Crippen LogP contribution is 2.18. The van der Waals surface area contributed by atoms with Crippen molar-refractivity contribution in [3.8, 4) is 5.75 Å². The van der Waals surface area contributed by atoms with Gasteiger partial charge in [-0.1, -0.05) is 54.6 Å². The second-order valence-corrected chi connectivity index (χ2v) is 7.95. The van der Waals surface area contributed by atoms with Gasteiger partial charge in [0.15, 0.2) is 0 Å². The lowest BCUT2D eigenvalue weighted by Gasteiger charge is -2.11. The highest BCUT2D eigenvalue weighted by Gasteiger charge is 2.11. The molecule has 164 valence electrons. The second-order valence-electron chi connectivity index (χ2n) is 7.95. The van der Waals surface area contributed by atoms with Crippen molar-refractivity contribution in [2.24, 2.45) is 0 Å². The molecule has 0 unspecified atom stereocenters. The van der Waals surface area contributed by atoms with Crippen molar-refractivity contribution in [2.75, 3.05) is 13.2 Å². The van der Waals surface area contributed by atoms with Crippen LogP contribution in [0, 0.1) is 6.92 Å². The first-order valence-electron chi connectivity index (χ1n) is 11.1. The van der Waals surface area contributed by atoms with Crippen LogP contribution in [-0.4, -0.2) is 28.6 Å². The number of hydrogen-bond donors (Lipinski definition) is 1. The fourth-order valence-corrected chi connectivity index (χ4v) is 3.84. The van der Waals surface area contributed by atoms with E-state index in [-0.39, 0.29) is 5.91 Å². The minimum absolute atomic E-state index is 0.0521. The van der Waals surface area contributed by atoms with E-state index >= 15 is 0 Å². The molecule has 4 aromatic rings. The predicted octanol–water partition coefficient (Wildman–Crippen LogP) is 4.72. The molecule has 0 aliphatic carbocycles. The van der Waals surface area contributed by atoms with Gasteiger partial charge < -0.3 is 14.6 Å². The lowest BCUT2D eigenvalue weighted by atomic mass is 10.1. The molecule has 0 radical (unpaired) electrons. The third-order valence-corrected chi connectivity index (χ3v) is 5.41. The van der Waals surface area contributed by atoms with Gasteiger partial charge in [0, 0.05) is 13.0 Å². The minimum atomic E-state index is 0.0521. The van der Waals surface area contributed by atoms with E-state index in [1.807, 2.05) is 66.7 Å². The van der Waals surface area contributed by atoms with Crippen LogP contribution in [0.5, 0.6) is 5.75 Å². The van der Waals surface area contributed by atoms with E-state index in [9.17, 15) is 4.79 Å². The molecule has 0 spiro atoms. The number of carbonyl (C=O) groups excluding carboxylic acids is 1. The van der Waals surface area contributed by atoms with Crippen LogP contribution in [0.15, 0.2) is 78.9 Å². The smallest absolute Gasteiger partial charge is 0.224 e. The lowest BCUT2D eigenvalue weighted by molar-refractivity contribution is -0.120. The summed E-state index contributed by atoms with van der Waals surface area (Å²) in [6.07, 6.45) is 2.04. The van der Waals surface area contributed by atoms with E-state index in [0.717, 1.165) is 47.6 Å². The molecule has 0 fully saturated rings. The van der Waals surface area contributed by atoms with Crippen molar-refractivity contribution < 1.29 is 9.53 Å². The number of benzene rings is 3. The third kappa shape index (κ3) is 5.76. The third-order valence-electron chi connectivity index (χ3n) is 5.41. The molecule has 0 atom stereocenters. The number of imidazole rings is 1. The van der Waals surface area contributed by atoms with Crippen LogP contribution in [0.2, 0.25) is 0 Å². The fourth-order valence-electron chi connectivity index (χ4n) is 3.84. The summed E-state index contributed by atoms with van der Waals surface area (Å²) in [4.78, 5) is 17.0. The number of amides is 1. The summed E-state index contributed by atoms with van der Waals surface area (Å²) in [7, 11) is 0. The number of aryl methyl sites for hydroxylation is 2. The number of hydrogen-bond acceptors (Lipinski definition) is 3. The van der Waals surface area contributed by atoms with Gasteiger partial charge in [0.25, 0.3) is 0 Å². The maximum absolute atomic E-state index is 12.2. The summed E-state index contributed by atoms with van der Waals surface area (Å²) < 4.78 is 8.21. The Morgan fingerprint density at radius 2 is 1.81 bits per heavy atom. The zero-order chi connectivity index (χ0) is 22.2. The summed E-state index contributed by atoms with van der Waals surface area (Å²) in [5, 5.41) is 3.02. The number of para-hydroxylation sites is 2. The highest BCUT2D eigenvalue weighted by molar-refractivity contribution is 5.78. The summed E-state index contributed by atoms with van der Waals surface area (Å²) in [5.41, 5.74) is 4.32. The van der Waals surface area contributed by atoms with E-state index in [1.54, 1.807) is 0 Å². The number of nitrogens with one attached hydrogen (secondary N) is 1. The Morgan fingerprint density at radius 3 is 2.66 bits per heavy atom. The topological polar surface area (TPSA) is 56.1 Å². The van der Waals surface area contributed by atoms with Crippen molar-refractivity contribution in [1.29, 1.82) is 0 Å². The van der Waals surface area contributed by atoms with Gasteiger partial charge in [-0.05, 0) is 48.7 Å². The van der Waals surface area contributed by atoms with E-state index in [4.69, 9.17) is 9.72 Å². The maximum atomic E-state index is 12.2. The minimum Gasteiger partial charge on any atom is -0.492 e. The molecular weight excluding hydrogens is 398 g/mol. The molecule has 1 heterocycles. The quantitative estimate of drug-likeness (QED) is 0.373. The number of ether oxygens (including phenoxy) is 1. The van der Waals surface area contributed by atoms with Crippen LogP contribution < -0.4 is 10.1 Å². The van der Waals surface area contributed by atoms with Gasteiger partial charge in [-0.3, -0.25) is 4.79 Å². The number of aromatic nitrogens is 2. The SMILES string of the molecule is Cc1cccc(OCCn2c(CCCNC(=O)Cc3ccccc3)nc3ccccc32)c1. The molecule has 3 aromatic carbocycles. The average Bonchev–Trinajstić information content (AvgIpc) is 3.15. The van der Waals surface area contributed by atoms with Crippen molar-refractivity contribution >= 4 is 16.9 Å². The van der Waals surface area contributed by atoms with E-state index in [1.165, 1.54) is 5.56 Å². The summed E-state index contributed by atoms with van der Waals surface area (Å²) >= 11 is 0. The van der Waals surface area contributed by atoms with Crippen LogP contribution >= 0.6 is 0 Å². The first kappa shape index (κ1) is 21.6. The second kappa shape index (κ2) is 10.6. The Bertz CT molecular complexity index is 1170. The lowest BCUT2D eigenvalue weighted by Crippen LogP contribution is -2.26. The first-order valence-corrected chi connectivity index (χ1v) is 11.1. The largest absolute Gasteiger partial charge is 0.492 e. The van der Waals surface area contributed by atoms with Crippen molar-refractivity contribution in [1.82, 2.24) is 14.9 Å². The van der Waals surface area contributed by atoms with Crippen LogP contribution in [0.25, 0.3) is 11.0 Å². The number of fused-ring (bicyclic) bond motifs is 1. The molecular formula is C27H29N3O2. The molecule has 32 heavy (non-hydrogen) atoms. The average molecular weight is 428 g/mol. The molecule has 0 saturated carbocycles. The van der Waals surface area contributed by atoms with Gasteiger partial charge in [0.2, 0.25) is 5.91 Å². The number of carbonyl (C=O) groups is 1. The summed E-state index contributed by atoms with van der Waals surface area (Å²) in [5.74, 6) is 1.96. The van der Waals surface area contributed by atoms with Crippen LogP contribution in [-0.2, 0) is 24.2 Å². The van der Waals surface area contributed by atoms with Gasteiger partial charge in [-0.2, -0.15) is 0 Å². The number of nitrogens with zero attached hydrogens (tertiary/aromatic N) is 2. The predicted molar refractivity (Wildman–Crippen MR) is 128 cm³/mol. The Labute approximate surface area is 189 Å². The van der Waals surface area contributed by atoms with Gasteiger partial charge >= 0.3 is 0 Å². The van der Waals surface area contributed by atoms with Gasteiger partial charge in [0.05, 0.1) is 24.0 Å². The Hall–Kier alpha value is -3.60. The molecule has 4 rings (SSSR count). The summed E-state index contributed by atoms with van der Waals surface area (Å²) in [6.45, 7) is 4.00. The van der Waals surface area contributed by atoms with Crippen LogP contribution in [0.4, 0.5) is 0 Å². The molecule has 5 heteroatoms. The highest BCUT2D eigenvalue weighted by atomic mass is 16.5.